The Labute approximate surface area is 94.4 Å². The summed E-state index contributed by atoms with van der Waals surface area (Å²) in [6.45, 7) is 0. The van der Waals surface area contributed by atoms with E-state index >= 15 is 0 Å². The Morgan fingerprint density at radius 2 is 2.38 bits per heavy atom. The molecule has 0 aromatic heterocycles. The molecule has 1 unspecified atom stereocenters. The molecule has 0 saturated carbocycles. The molecular formula is C13H15FO2. The molecule has 2 rings (SSSR count). The number of methoxy groups -OCH3 is 1. The molecule has 3 heteroatoms. The number of hydrogen-bond acceptors (Lipinski definition) is 2. The summed E-state index contributed by atoms with van der Waals surface area (Å²) in [4.78, 5) is 11.2. The van der Waals surface area contributed by atoms with Gasteiger partial charge >= 0.3 is 5.97 Å². The minimum absolute atomic E-state index is 0.117. The quantitative estimate of drug-likeness (QED) is 0.719. The van der Waals surface area contributed by atoms with Crippen LogP contribution in [0.1, 0.15) is 24.0 Å². The van der Waals surface area contributed by atoms with Crippen LogP contribution in [0.25, 0.3) is 0 Å². The Balaban J connectivity index is 2.09. The molecule has 2 nitrogen and oxygen atoms in total. The molecule has 1 aliphatic carbocycles. The van der Waals surface area contributed by atoms with Crippen LogP contribution < -0.4 is 0 Å². The Morgan fingerprint density at radius 1 is 1.56 bits per heavy atom. The Bertz CT molecular complexity index is 401. The summed E-state index contributed by atoms with van der Waals surface area (Å²) in [5, 5.41) is 0. The van der Waals surface area contributed by atoms with Gasteiger partial charge in [-0.3, -0.25) is 4.79 Å². The molecule has 0 N–H and O–H groups in total. The summed E-state index contributed by atoms with van der Waals surface area (Å²) in [7, 11) is 1.40. The maximum atomic E-state index is 13.4. The summed E-state index contributed by atoms with van der Waals surface area (Å²) in [5.41, 5.74) is 1.86. The number of halogens is 1. The number of carbonyl (C=O) groups excluding carboxylic acids is 1. The van der Waals surface area contributed by atoms with Gasteiger partial charge in [0.15, 0.2) is 0 Å². The van der Waals surface area contributed by atoms with Gasteiger partial charge in [0.25, 0.3) is 0 Å². The third-order valence-corrected chi connectivity index (χ3v) is 3.21. The molecule has 1 aliphatic rings. The fourth-order valence-corrected chi connectivity index (χ4v) is 2.33. The van der Waals surface area contributed by atoms with Crippen LogP contribution in [0.2, 0.25) is 0 Å². The van der Waals surface area contributed by atoms with Crippen molar-refractivity contribution in [2.75, 3.05) is 7.11 Å². The van der Waals surface area contributed by atoms with Crippen molar-refractivity contribution in [2.45, 2.75) is 25.7 Å². The number of rotatable bonds is 2. The Morgan fingerprint density at radius 3 is 3.12 bits per heavy atom. The van der Waals surface area contributed by atoms with Gasteiger partial charge in [-0.15, -0.1) is 0 Å². The lowest BCUT2D eigenvalue weighted by atomic mass is 9.82. The lowest BCUT2D eigenvalue weighted by Gasteiger charge is -2.23. The summed E-state index contributed by atoms with van der Waals surface area (Å²) in [5.74, 6) is 0.000575. The highest BCUT2D eigenvalue weighted by molar-refractivity contribution is 5.69. The highest BCUT2D eigenvalue weighted by atomic mass is 19.1. The van der Waals surface area contributed by atoms with Crippen LogP contribution in [0.3, 0.4) is 0 Å². The lowest BCUT2D eigenvalue weighted by molar-refractivity contribution is -0.141. The largest absolute Gasteiger partial charge is 0.469 e. The zero-order valence-corrected chi connectivity index (χ0v) is 9.33. The first kappa shape index (κ1) is 11.1. The summed E-state index contributed by atoms with van der Waals surface area (Å²) < 4.78 is 18.1. The standard InChI is InChI=1S/C13H15FO2/c1-16-13(15)8-9-5-6-11-10(7-9)3-2-4-12(11)14/h2-4,9H,5-8H2,1H3. The highest BCUT2D eigenvalue weighted by Gasteiger charge is 2.22. The Kier molecular flexibility index (Phi) is 3.22. The van der Waals surface area contributed by atoms with E-state index in [4.69, 9.17) is 0 Å². The van der Waals surface area contributed by atoms with Gasteiger partial charge in [0.1, 0.15) is 5.82 Å². The van der Waals surface area contributed by atoms with Crippen molar-refractivity contribution in [1.82, 2.24) is 0 Å². The Hall–Kier alpha value is -1.38. The van der Waals surface area contributed by atoms with E-state index in [1.165, 1.54) is 13.2 Å². The molecular weight excluding hydrogens is 207 g/mol. The van der Waals surface area contributed by atoms with E-state index in [2.05, 4.69) is 4.74 Å². The van der Waals surface area contributed by atoms with Gasteiger partial charge in [-0.25, -0.2) is 4.39 Å². The fraction of sp³-hybridized carbons (Fsp3) is 0.462. The molecule has 0 aliphatic heterocycles. The molecule has 0 heterocycles. The van der Waals surface area contributed by atoms with Crippen LogP contribution in [-0.4, -0.2) is 13.1 Å². The van der Waals surface area contributed by atoms with Gasteiger partial charge < -0.3 is 4.74 Å². The number of benzene rings is 1. The van der Waals surface area contributed by atoms with Gasteiger partial charge in [0.2, 0.25) is 0 Å². The van der Waals surface area contributed by atoms with Crippen LogP contribution >= 0.6 is 0 Å². The van der Waals surface area contributed by atoms with Crippen LogP contribution in [0, 0.1) is 11.7 Å². The van der Waals surface area contributed by atoms with Crippen molar-refractivity contribution < 1.29 is 13.9 Å². The molecule has 0 saturated heterocycles. The third-order valence-electron chi connectivity index (χ3n) is 3.21. The molecule has 16 heavy (non-hydrogen) atoms. The smallest absolute Gasteiger partial charge is 0.305 e. The van der Waals surface area contributed by atoms with Gasteiger partial charge in [0.05, 0.1) is 7.11 Å². The van der Waals surface area contributed by atoms with E-state index < -0.39 is 0 Å². The first-order valence-corrected chi connectivity index (χ1v) is 5.53. The zero-order valence-electron chi connectivity index (χ0n) is 9.33. The van der Waals surface area contributed by atoms with Gasteiger partial charge in [0, 0.05) is 6.42 Å². The van der Waals surface area contributed by atoms with E-state index in [0.717, 1.165) is 30.4 Å². The van der Waals surface area contributed by atoms with Crippen molar-refractivity contribution >= 4 is 5.97 Å². The van der Waals surface area contributed by atoms with Crippen molar-refractivity contribution in [2.24, 2.45) is 5.92 Å². The molecule has 86 valence electrons. The van der Waals surface area contributed by atoms with Gasteiger partial charge in [-0.05, 0) is 42.4 Å². The second-order valence-corrected chi connectivity index (χ2v) is 4.27. The predicted octanol–water partition coefficient (Wildman–Crippen LogP) is 2.49. The number of fused-ring (bicyclic) bond motifs is 1. The third kappa shape index (κ3) is 2.23. The topological polar surface area (TPSA) is 26.3 Å². The second kappa shape index (κ2) is 4.64. The minimum Gasteiger partial charge on any atom is -0.469 e. The highest BCUT2D eigenvalue weighted by Crippen LogP contribution is 2.29. The van der Waals surface area contributed by atoms with Crippen LogP contribution in [0.15, 0.2) is 18.2 Å². The summed E-state index contributed by atoms with van der Waals surface area (Å²) >= 11 is 0. The maximum absolute atomic E-state index is 13.4. The van der Waals surface area contributed by atoms with E-state index in [-0.39, 0.29) is 11.8 Å². The normalized spacial score (nSPS) is 19.0. The first-order chi connectivity index (χ1) is 7.70. The number of carbonyl (C=O) groups is 1. The molecule has 1 aromatic carbocycles. The first-order valence-electron chi connectivity index (χ1n) is 5.53. The number of esters is 1. The van der Waals surface area contributed by atoms with E-state index in [1.807, 2.05) is 6.07 Å². The van der Waals surface area contributed by atoms with E-state index in [9.17, 15) is 9.18 Å². The van der Waals surface area contributed by atoms with Crippen LogP contribution in [0.4, 0.5) is 4.39 Å². The molecule has 0 spiro atoms. The predicted molar refractivity (Wildman–Crippen MR) is 58.5 cm³/mol. The van der Waals surface area contributed by atoms with Crippen molar-refractivity contribution in [3.63, 3.8) is 0 Å². The number of hydrogen-bond donors (Lipinski definition) is 0. The fourth-order valence-electron chi connectivity index (χ4n) is 2.33. The van der Waals surface area contributed by atoms with Crippen LogP contribution in [-0.2, 0) is 22.4 Å². The van der Waals surface area contributed by atoms with Crippen molar-refractivity contribution in [1.29, 1.82) is 0 Å². The van der Waals surface area contributed by atoms with Gasteiger partial charge in [-0.1, -0.05) is 12.1 Å². The SMILES string of the molecule is COC(=O)CC1CCc2c(F)cccc2C1. The van der Waals surface area contributed by atoms with Crippen LogP contribution in [0.5, 0.6) is 0 Å². The number of ether oxygens (including phenoxy) is 1. The molecule has 0 radical (unpaired) electrons. The molecule has 0 bridgehead atoms. The maximum Gasteiger partial charge on any atom is 0.305 e. The average molecular weight is 222 g/mol. The van der Waals surface area contributed by atoms with Crippen molar-refractivity contribution in [3.05, 3.63) is 35.1 Å². The average Bonchev–Trinajstić information content (AvgIpc) is 2.29. The molecule has 0 fully saturated rings. The molecule has 1 aromatic rings. The minimum atomic E-state index is -0.176. The summed E-state index contributed by atoms with van der Waals surface area (Å²) in [6.07, 6.45) is 2.81. The van der Waals surface area contributed by atoms with Gasteiger partial charge in [-0.2, -0.15) is 0 Å². The lowest BCUT2D eigenvalue weighted by Crippen LogP contribution is -2.19. The van der Waals surface area contributed by atoms with Crippen molar-refractivity contribution in [3.8, 4) is 0 Å². The molecule has 1 atom stereocenters. The second-order valence-electron chi connectivity index (χ2n) is 4.27. The molecule has 0 amide bonds. The zero-order chi connectivity index (χ0) is 11.5. The monoisotopic (exact) mass is 222 g/mol. The van der Waals surface area contributed by atoms with E-state index in [0.29, 0.717) is 12.3 Å². The van der Waals surface area contributed by atoms with E-state index in [1.54, 1.807) is 6.07 Å². The summed E-state index contributed by atoms with van der Waals surface area (Å²) in [6, 6.07) is 5.18.